The van der Waals surface area contributed by atoms with Crippen LogP contribution in [0.4, 0.5) is 0 Å². The van der Waals surface area contributed by atoms with E-state index in [1.54, 1.807) is 24.3 Å². The molecule has 164 valence electrons. The van der Waals surface area contributed by atoms with Crippen molar-refractivity contribution in [2.75, 3.05) is 6.54 Å². The molecule has 1 N–H and O–H groups in total. The predicted molar refractivity (Wildman–Crippen MR) is 124 cm³/mol. The molecule has 0 fully saturated rings. The number of carbonyl (C=O) groups is 3. The molecule has 33 heavy (non-hydrogen) atoms. The Morgan fingerprint density at radius 2 is 1.48 bits per heavy atom. The summed E-state index contributed by atoms with van der Waals surface area (Å²) in [6.45, 7) is 0.195. The first kappa shape index (κ1) is 20.7. The summed E-state index contributed by atoms with van der Waals surface area (Å²) in [5.74, 6) is -0.141. The molecule has 0 spiro atoms. The van der Waals surface area contributed by atoms with E-state index in [1.807, 2.05) is 60.7 Å². The number of amides is 3. The normalized spacial score (nSPS) is 13.9. The molecular formula is C27H22N2O4. The first-order valence-electron chi connectivity index (χ1n) is 10.9. The highest BCUT2D eigenvalue weighted by molar-refractivity contribution is 6.21. The number of para-hydroxylation sites is 1. The SMILES string of the molecule is O=C(CCCN1C(=O)c2ccccc2C1=O)NC(c1ccccc1)c1cc2ccccc2o1. The van der Waals surface area contributed by atoms with Gasteiger partial charge in [-0.25, -0.2) is 0 Å². The van der Waals surface area contributed by atoms with Crippen molar-refractivity contribution >= 4 is 28.7 Å². The molecule has 1 aromatic heterocycles. The molecule has 2 heterocycles. The fourth-order valence-electron chi connectivity index (χ4n) is 4.18. The smallest absolute Gasteiger partial charge is 0.261 e. The fourth-order valence-corrected chi connectivity index (χ4v) is 4.18. The summed E-state index contributed by atoms with van der Waals surface area (Å²) in [4.78, 5) is 39.1. The third kappa shape index (κ3) is 4.03. The molecule has 1 atom stereocenters. The summed E-state index contributed by atoms with van der Waals surface area (Å²) in [5, 5.41) is 4.02. The highest BCUT2D eigenvalue weighted by atomic mass is 16.3. The summed E-state index contributed by atoms with van der Waals surface area (Å²) in [6, 6.07) is 25.6. The van der Waals surface area contributed by atoms with E-state index in [-0.39, 0.29) is 30.7 Å². The zero-order valence-corrected chi connectivity index (χ0v) is 17.9. The molecule has 4 aromatic rings. The van der Waals surface area contributed by atoms with Crippen LogP contribution in [0.25, 0.3) is 11.0 Å². The minimum absolute atomic E-state index is 0.178. The highest BCUT2D eigenvalue weighted by Crippen LogP contribution is 2.28. The maximum atomic E-state index is 12.8. The molecule has 3 amide bonds. The molecule has 1 aliphatic rings. The number of benzene rings is 3. The molecule has 0 saturated carbocycles. The van der Waals surface area contributed by atoms with Crippen molar-refractivity contribution < 1.29 is 18.8 Å². The Bertz CT molecular complexity index is 1270. The standard InChI is InChI=1S/C27H22N2O4/c30-24(15-8-16-29-26(31)20-12-5-6-13-21(20)27(29)32)28-25(18-9-2-1-3-10-18)23-17-19-11-4-7-14-22(19)33-23/h1-7,9-14,17,25H,8,15-16H2,(H,28,30). The summed E-state index contributed by atoms with van der Waals surface area (Å²) in [7, 11) is 0. The Balaban J connectivity index is 1.27. The van der Waals surface area contributed by atoms with Crippen LogP contribution >= 0.6 is 0 Å². The molecule has 6 heteroatoms. The van der Waals surface area contributed by atoms with Gasteiger partial charge in [0.2, 0.25) is 5.91 Å². The summed E-state index contributed by atoms with van der Waals surface area (Å²) in [5.41, 5.74) is 2.50. The van der Waals surface area contributed by atoms with E-state index in [0.29, 0.717) is 23.3 Å². The molecule has 1 aliphatic heterocycles. The number of nitrogens with zero attached hydrogens (tertiary/aromatic N) is 1. The zero-order valence-electron chi connectivity index (χ0n) is 17.9. The number of rotatable bonds is 7. The number of carbonyl (C=O) groups excluding carboxylic acids is 3. The first-order chi connectivity index (χ1) is 16.1. The zero-order chi connectivity index (χ0) is 22.8. The fraction of sp³-hybridized carbons (Fsp3) is 0.148. The van der Waals surface area contributed by atoms with Gasteiger partial charge in [-0.3, -0.25) is 19.3 Å². The van der Waals surface area contributed by atoms with Crippen LogP contribution in [-0.4, -0.2) is 29.2 Å². The van der Waals surface area contributed by atoms with Crippen LogP contribution in [0.3, 0.4) is 0 Å². The molecule has 3 aromatic carbocycles. The van der Waals surface area contributed by atoms with E-state index in [0.717, 1.165) is 16.5 Å². The summed E-state index contributed by atoms with van der Waals surface area (Å²) < 4.78 is 6.02. The van der Waals surface area contributed by atoms with E-state index >= 15 is 0 Å². The van der Waals surface area contributed by atoms with Crippen molar-refractivity contribution in [2.45, 2.75) is 18.9 Å². The van der Waals surface area contributed by atoms with Crippen molar-refractivity contribution in [2.24, 2.45) is 0 Å². The van der Waals surface area contributed by atoms with Crippen molar-refractivity contribution in [1.82, 2.24) is 10.2 Å². The average Bonchev–Trinajstić information content (AvgIpc) is 3.38. The third-order valence-electron chi connectivity index (χ3n) is 5.83. The largest absolute Gasteiger partial charge is 0.459 e. The van der Waals surface area contributed by atoms with E-state index in [9.17, 15) is 14.4 Å². The summed E-state index contributed by atoms with van der Waals surface area (Å²) in [6.07, 6.45) is 0.551. The van der Waals surface area contributed by atoms with E-state index < -0.39 is 6.04 Å². The van der Waals surface area contributed by atoms with Crippen molar-refractivity contribution in [3.05, 3.63) is 107 Å². The minimum atomic E-state index is -0.439. The number of furan rings is 1. The molecule has 1 unspecified atom stereocenters. The number of nitrogens with one attached hydrogen (secondary N) is 1. The molecule has 0 bridgehead atoms. The van der Waals surface area contributed by atoms with Crippen LogP contribution in [-0.2, 0) is 4.79 Å². The minimum Gasteiger partial charge on any atom is -0.459 e. The van der Waals surface area contributed by atoms with Crippen molar-refractivity contribution in [3.63, 3.8) is 0 Å². The second kappa shape index (κ2) is 8.74. The first-order valence-corrected chi connectivity index (χ1v) is 10.9. The number of hydrogen-bond acceptors (Lipinski definition) is 4. The van der Waals surface area contributed by atoms with Crippen LogP contribution < -0.4 is 5.32 Å². The van der Waals surface area contributed by atoms with E-state index in [1.165, 1.54) is 4.90 Å². The Labute approximate surface area is 190 Å². The van der Waals surface area contributed by atoms with Crippen LogP contribution in [0.15, 0.2) is 89.3 Å². The van der Waals surface area contributed by atoms with E-state index in [4.69, 9.17) is 4.42 Å². The molecule has 0 saturated heterocycles. The maximum absolute atomic E-state index is 12.8. The molecule has 0 radical (unpaired) electrons. The van der Waals surface area contributed by atoms with Gasteiger partial charge < -0.3 is 9.73 Å². The van der Waals surface area contributed by atoms with Gasteiger partial charge in [0.1, 0.15) is 17.4 Å². The Morgan fingerprint density at radius 3 is 2.18 bits per heavy atom. The quantitative estimate of drug-likeness (QED) is 0.424. The average molecular weight is 438 g/mol. The lowest BCUT2D eigenvalue weighted by atomic mass is 10.0. The van der Waals surface area contributed by atoms with Gasteiger partial charge in [0, 0.05) is 18.4 Å². The Kier molecular flexibility index (Phi) is 5.48. The maximum Gasteiger partial charge on any atom is 0.261 e. The Hall–Kier alpha value is -4.19. The number of imide groups is 1. The van der Waals surface area contributed by atoms with Crippen molar-refractivity contribution in [3.8, 4) is 0 Å². The predicted octanol–water partition coefficient (Wildman–Crippen LogP) is 4.71. The van der Waals surface area contributed by atoms with Crippen LogP contribution in [0.2, 0.25) is 0 Å². The number of hydrogen-bond donors (Lipinski definition) is 1. The van der Waals surface area contributed by atoms with Gasteiger partial charge >= 0.3 is 0 Å². The lowest BCUT2D eigenvalue weighted by molar-refractivity contribution is -0.121. The van der Waals surface area contributed by atoms with E-state index in [2.05, 4.69) is 5.32 Å². The molecule has 0 aliphatic carbocycles. The molecule has 5 rings (SSSR count). The molecule has 6 nitrogen and oxygen atoms in total. The monoisotopic (exact) mass is 438 g/mol. The van der Waals surface area contributed by atoms with Gasteiger partial charge in [-0.2, -0.15) is 0 Å². The van der Waals surface area contributed by atoms with Crippen molar-refractivity contribution in [1.29, 1.82) is 0 Å². The second-order valence-electron chi connectivity index (χ2n) is 8.01. The molecular weight excluding hydrogens is 416 g/mol. The highest BCUT2D eigenvalue weighted by Gasteiger charge is 2.34. The van der Waals surface area contributed by atoms with Gasteiger partial charge in [-0.15, -0.1) is 0 Å². The second-order valence-corrected chi connectivity index (χ2v) is 8.01. The summed E-state index contributed by atoms with van der Waals surface area (Å²) >= 11 is 0. The lowest BCUT2D eigenvalue weighted by Gasteiger charge is -2.18. The Morgan fingerprint density at radius 1 is 0.848 bits per heavy atom. The van der Waals surface area contributed by atoms with Gasteiger partial charge in [0.15, 0.2) is 0 Å². The van der Waals surface area contributed by atoms with Crippen LogP contribution in [0.1, 0.15) is 50.9 Å². The van der Waals surface area contributed by atoms with Crippen LogP contribution in [0, 0.1) is 0 Å². The van der Waals surface area contributed by atoms with Gasteiger partial charge in [-0.1, -0.05) is 60.7 Å². The van der Waals surface area contributed by atoms with Gasteiger partial charge in [0.05, 0.1) is 11.1 Å². The third-order valence-corrected chi connectivity index (χ3v) is 5.83. The topological polar surface area (TPSA) is 79.6 Å². The lowest BCUT2D eigenvalue weighted by Crippen LogP contribution is -2.33. The van der Waals surface area contributed by atoms with Gasteiger partial charge in [-0.05, 0) is 36.2 Å². The van der Waals surface area contributed by atoms with Crippen LogP contribution in [0.5, 0.6) is 0 Å². The number of fused-ring (bicyclic) bond motifs is 2. The van der Waals surface area contributed by atoms with Gasteiger partial charge in [0.25, 0.3) is 11.8 Å².